The highest BCUT2D eigenvalue weighted by Crippen LogP contribution is 2.20. The fourth-order valence-corrected chi connectivity index (χ4v) is 4.85. The zero-order valence-electron chi connectivity index (χ0n) is 18.9. The molecule has 0 amide bonds. The van der Waals surface area contributed by atoms with Crippen LogP contribution < -0.4 is 0 Å². The summed E-state index contributed by atoms with van der Waals surface area (Å²) in [6.45, 7) is 6.21. The van der Waals surface area contributed by atoms with Crippen LogP contribution in [0.3, 0.4) is 0 Å². The van der Waals surface area contributed by atoms with Gasteiger partial charge in [-0.15, -0.1) is 0 Å². The highest BCUT2D eigenvalue weighted by Gasteiger charge is 2.25. The summed E-state index contributed by atoms with van der Waals surface area (Å²) >= 11 is 0. The molecular weight excluding hydrogens is 430 g/mol. The van der Waals surface area contributed by atoms with E-state index in [1.807, 2.05) is 79.7 Å². The number of nitrogens with zero attached hydrogens (tertiary/aromatic N) is 1. The van der Waals surface area contributed by atoms with E-state index < -0.39 is 10.0 Å². The predicted octanol–water partition coefficient (Wildman–Crippen LogP) is 5.76. The molecule has 0 atom stereocenters. The quantitative estimate of drug-likeness (QED) is 0.343. The first-order chi connectivity index (χ1) is 15.9. The summed E-state index contributed by atoms with van der Waals surface area (Å²) in [6.07, 6.45) is 4.53. The third-order valence-corrected chi connectivity index (χ3v) is 7.27. The van der Waals surface area contributed by atoms with E-state index in [0.717, 1.165) is 16.7 Å². The molecule has 3 aromatic rings. The van der Waals surface area contributed by atoms with Crippen molar-refractivity contribution in [3.05, 3.63) is 114 Å². The van der Waals surface area contributed by atoms with Gasteiger partial charge in [-0.3, -0.25) is 4.79 Å². The van der Waals surface area contributed by atoms with Crippen molar-refractivity contribution < 1.29 is 13.2 Å². The van der Waals surface area contributed by atoms with Crippen LogP contribution in [0.1, 0.15) is 29.5 Å². The third-order valence-electron chi connectivity index (χ3n) is 5.36. The third kappa shape index (κ3) is 6.85. The van der Waals surface area contributed by atoms with E-state index in [9.17, 15) is 13.2 Å². The Kier molecular flexibility index (Phi) is 8.52. The van der Waals surface area contributed by atoms with E-state index in [2.05, 4.69) is 6.58 Å². The number of carbonyl (C=O) groups is 1. The van der Waals surface area contributed by atoms with Gasteiger partial charge in [-0.2, -0.15) is 4.31 Å². The largest absolute Gasteiger partial charge is 0.294 e. The highest BCUT2D eigenvalue weighted by molar-refractivity contribution is 7.89. The Bertz CT molecular complexity index is 1200. The number of hydrogen-bond acceptors (Lipinski definition) is 3. The normalized spacial score (nSPS) is 11.7. The number of allylic oxidation sites excluding steroid dienone is 1. The molecule has 0 fully saturated rings. The van der Waals surface area contributed by atoms with Crippen LogP contribution in [0.2, 0.25) is 0 Å². The van der Waals surface area contributed by atoms with Crippen molar-refractivity contribution >= 4 is 27.5 Å². The van der Waals surface area contributed by atoms with Crippen molar-refractivity contribution in [2.75, 3.05) is 13.1 Å². The number of sulfonamides is 1. The van der Waals surface area contributed by atoms with Gasteiger partial charge >= 0.3 is 0 Å². The molecule has 0 aliphatic heterocycles. The maximum absolute atomic E-state index is 13.3. The minimum atomic E-state index is -3.73. The van der Waals surface area contributed by atoms with Crippen LogP contribution in [0, 0.1) is 6.92 Å². The Morgan fingerprint density at radius 3 is 2.12 bits per heavy atom. The molecule has 0 N–H and O–H groups in total. The lowest BCUT2D eigenvalue weighted by molar-refractivity contribution is -0.113. The summed E-state index contributed by atoms with van der Waals surface area (Å²) < 4.78 is 28.0. The minimum Gasteiger partial charge on any atom is -0.294 e. The number of Topliss-reactive ketones (excluding diaryl/α,β-unsaturated/α-hetero) is 1. The average Bonchev–Trinajstić information content (AvgIpc) is 2.84. The summed E-state index contributed by atoms with van der Waals surface area (Å²) in [7, 11) is -3.73. The van der Waals surface area contributed by atoms with Crippen LogP contribution in [0.25, 0.3) is 11.6 Å². The molecule has 3 aromatic carbocycles. The molecule has 0 saturated carbocycles. The average molecular weight is 460 g/mol. The molecule has 0 unspecified atom stereocenters. The lowest BCUT2D eigenvalue weighted by atomic mass is 10.0. The van der Waals surface area contributed by atoms with Crippen LogP contribution in [-0.4, -0.2) is 31.6 Å². The van der Waals surface area contributed by atoms with Gasteiger partial charge in [0.25, 0.3) is 0 Å². The molecule has 0 saturated heterocycles. The SMILES string of the molecule is C=C(C(=O)CCN(CC/C=C/c1ccccc1)S(=O)(=O)c1ccc(C)cc1)c1ccccc1. The highest BCUT2D eigenvalue weighted by atomic mass is 32.2. The standard InChI is InChI=1S/C28H29NO3S/c1-23-16-18-27(19-17-23)33(31,32)29(21-10-9-13-25-11-5-3-6-12-25)22-20-28(30)24(2)26-14-7-4-8-15-26/h3-9,11-19H,2,10,20-22H2,1H3/b13-9+. The van der Waals surface area contributed by atoms with E-state index in [1.54, 1.807) is 24.3 Å². The second-order valence-electron chi connectivity index (χ2n) is 7.84. The zero-order chi connectivity index (χ0) is 23.7. The molecule has 0 bridgehead atoms. The molecule has 0 aliphatic carbocycles. The number of carbonyl (C=O) groups excluding carboxylic acids is 1. The predicted molar refractivity (Wildman–Crippen MR) is 135 cm³/mol. The van der Waals surface area contributed by atoms with Crippen molar-refractivity contribution in [1.29, 1.82) is 0 Å². The van der Waals surface area contributed by atoms with Crippen LogP contribution >= 0.6 is 0 Å². The maximum Gasteiger partial charge on any atom is 0.243 e. The van der Waals surface area contributed by atoms with Crippen molar-refractivity contribution in [3.8, 4) is 0 Å². The topological polar surface area (TPSA) is 54.5 Å². The molecule has 5 heteroatoms. The first-order valence-electron chi connectivity index (χ1n) is 10.9. The van der Waals surface area contributed by atoms with Gasteiger partial charge in [0.15, 0.2) is 5.78 Å². The summed E-state index contributed by atoms with van der Waals surface area (Å²) in [4.78, 5) is 13.0. The van der Waals surface area contributed by atoms with E-state index >= 15 is 0 Å². The molecule has 0 heterocycles. The van der Waals surface area contributed by atoms with Crippen LogP contribution in [-0.2, 0) is 14.8 Å². The Hall–Kier alpha value is -3.28. The second kappa shape index (κ2) is 11.5. The Labute approximate surface area is 196 Å². The molecule has 4 nitrogen and oxygen atoms in total. The Morgan fingerprint density at radius 2 is 1.48 bits per heavy atom. The molecule has 0 spiro atoms. The molecule has 33 heavy (non-hydrogen) atoms. The van der Waals surface area contributed by atoms with Crippen molar-refractivity contribution in [2.45, 2.75) is 24.7 Å². The number of hydrogen-bond donors (Lipinski definition) is 0. The zero-order valence-corrected chi connectivity index (χ0v) is 19.7. The monoisotopic (exact) mass is 459 g/mol. The number of ketones is 1. The van der Waals surface area contributed by atoms with Gasteiger partial charge in [-0.25, -0.2) is 8.42 Å². The molecule has 170 valence electrons. The summed E-state index contributed by atoms with van der Waals surface area (Å²) in [5.74, 6) is -0.162. The molecule has 0 radical (unpaired) electrons. The van der Waals surface area contributed by atoms with Gasteiger partial charge in [0, 0.05) is 25.1 Å². The lowest BCUT2D eigenvalue weighted by Gasteiger charge is -2.22. The first-order valence-corrected chi connectivity index (χ1v) is 12.4. The second-order valence-corrected chi connectivity index (χ2v) is 9.77. The smallest absolute Gasteiger partial charge is 0.243 e. The van der Waals surface area contributed by atoms with Crippen LogP contribution in [0.4, 0.5) is 0 Å². The van der Waals surface area contributed by atoms with E-state index in [1.165, 1.54) is 4.31 Å². The fraction of sp³-hybridized carbons (Fsp3) is 0.179. The molecular formula is C28H29NO3S. The molecule has 0 aromatic heterocycles. The van der Waals surface area contributed by atoms with E-state index in [0.29, 0.717) is 12.0 Å². The number of rotatable bonds is 11. The molecule has 0 aliphatic rings. The Balaban J connectivity index is 1.73. The Morgan fingerprint density at radius 1 is 0.879 bits per heavy atom. The fourth-order valence-electron chi connectivity index (χ4n) is 3.39. The van der Waals surface area contributed by atoms with Crippen LogP contribution in [0.15, 0.2) is 102 Å². The van der Waals surface area contributed by atoms with Crippen molar-refractivity contribution in [1.82, 2.24) is 4.31 Å². The maximum atomic E-state index is 13.3. The van der Waals surface area contributed by atoms with Crippen molar-refractivity contribution in [3.63, 3.8) is 0 Å². The van der Waals surface area contributed by atoms with Gasteiger partial charge in [0.2, 0.25) is 10.0 Å². The van der Waals surface area contributed by atoms with Gasteiger partial charge in [-0.05, 0) is 36.6 Å². The summed E-state index contributed by atoms with van der Waals surface area (Å²) in [6, 6.07) is 25.9. The molecule has 3 rings (SSSR count). The van der Waals surface area contributed by atoms with Crippen molar-refractivity contribution in [2.24, 2.45) is 0 Å². The lowest BCUT2D eigenvalue weighted by Crippen LogP contribution is -2.34. The van der Waals surface area contributed by atoms with Crippen LogP contribution in [0.5, 0.6) is 0 Å². The number of aryl methyl sites for hydroxylation is 1. The van der Waals surface area contributed by atoms with Gasteiger partial charge in [0.1, 0.15) is 0 Å². The minimum absolute atomic E-state index is 0.0707. The van der Waals surface area contributed by atoms with Gasteiger partial charge in [0.05, 0.1) is 4.90 Å². The van der Waals surface area contributed by atoms with E-state index in [4.69, 9.17) is 0 Å². The summed E-state index contributed by atoms with van der Waals surface area (Å²) in [5, 5.41) is 0. The number of benzene rings is 3. The summed E-state index contributed by atoms with van der Waals surface area (Å²) in [5.41, 5.74) is 3.19. The van der Waals surface area contributed by atoms with Gasteiger partial charge < -0.3 is 0 Å². The van der Waals surface area contributed by atoms with E-state index in [-0.39, 0.29) is 30.2 Å². The first kappa shape index (κ1) is 24.4. The van der Waals surface area contributed by atoms with Gasteiger partial charge in [-0.1, -0.05) is 97.1 Å².